The average molecular weight is 400 g/mol. The molecule has 0 bridgehead atoms. The Hall–Kier alpha value is -3.26. The molecule has 2 heteroatoms. The van der Waals surface area contributed by atoms with Gasteiger partial charge in [-0.05, 0) is 64.7 Å². The summed E-state index contributed by atoms with van der Waals surface area (Å²) in [6.45, 7) is 9.35. The van der Waals surface area contributed by atoms with Crippen LogP contribution in [0.4, 0.5) is 0 Å². The quantitative estimate of drug-likeness (QED) is 0.350. The normalized spacial score (nSPS) is 14.9. The summed E-state index contributed by atoms with van der Waals surface area (Å²) in [4.78, 5) is 0. The second-order valence-corrected chi connectivity index (χ2v) is 9.54. The lowest BCUT2D eigenvalue weighted by molar-refractivity contribution is 0.484. The Labute approximate surface area is 184 Å². The maximum absolute atomic E-state index is 6.44. The maximum atomic E-state index is 6.44. The van der Waals surface area contributed by atoms with E-state index < -0.39 is 0 Å². The number of hydrogen-bond acceptors (Lipinski definition) is 1. The van der Waals surface area contributed by atoms with Crippen molar-refractivity contribution in [2.24, 2.45) is 0 Å². The highest BCUT2D eigenvalue weighted by molar-refractivity contribution is 6.98. The summed E-state index contributed by atoms with van der Waals surface area (Å²) < 4.78 is 6.44. The van der Waals surface area contributed by atoms with Crippen LogP contribution in [0.3, 0.4) is 0 Å². The van der Waals surface area contributed by atoms with E-state index in [0.29, 0.717) is 0 Å². The van der Waals surface area contributed by atoms with Crippen LogP contribution in [0, 0.1) is 13.8 Å². The fourth-order valence-corrected chi connectivity index (χ4v) is 5.79. The number of aryl methyl sites for hydroxylation is 2. The van der Waals surface area contributed by atoms with Crippen molar-refractivity contribution in [3.05, 3.63) is 101 Å². The van der Waals surface area contributed by atoms with Crippen molar-refractivity contribution < 1.29 is 4.74 Å². The Morgan fingerprint density at radius 1 is 0.710 bits per heavy atom. The van der Waals surface area contributed by atoms with Gasteiger partial charge in [-0.25, -0.2) is 0 Å². The average Bonchev–Trinajstić information content (AvgIpc) is 2.77. The molecule has 0 radical (unpaired) electrons. The van der Waals surface area contributed by atoms with Gasteiger partial charge < -0.3 is 4.74 Å². The molecule has 6 rings (SSSR count). The molecule has 4 aromatic rings. The van der Waals surface area contributed by atoms with Crippen LogP contribution in [-0.4, -0.2) is 6.71 Å². The van der Waals surface area contributed by atoms with Crippen molar-refractivity contribution in [2.45, 2.75) is 33.1 Å². The van der Waals surface area contributed by atoms with E-state index in [1.807, 2.05) is 0 Å². The van der Waals surface area contributed by atoms with Gasteiger partial charge in [0.2, 0.25) is 0 Å². The van der Waals surface area contributed by atoms with Crippen molar-refractivity contribution in [3.8, 4) is 22.6 Å². The first-order chi connectivity index (χ1) is 14.9. The molecule has 31 heavy (non-hydrogen) atoms. The van der Waals surface area contributed by atoms with E-state index >= 15 is 0 Å². The Balaban J connectivity index is 1.68. The highest BCUT2D eigenvalue weighted by Gasteiger charge is 2.45. The number of hydrogen-bond donors (Lipinski definition) is 0. The van der Waals surface area contributed by atoms with Crippen molar-refractivity contribution in [2.75, 3.05) is 0 Å². The fraction of sp³-hybridized carbons (Fsp3) is 0.172. The number of benzene rings is 4. The Kier molecular flexibility index (Phi) is 3.80. The number of rotatable bonds is 1. The van der Waals surface area contributed by atoms with Gasteiger partial charge in [0, 0.05) is 5.41 Å². The lowest BCUT2D eigenvalue weighted by Crippen LogP contribution is -2.62. The first-order valence-electron chi connectivity index (χ1n) is 11.1. The van der Waals surface area contributed by atoms with Crippen LogP contribution in [0.5, 0.6) is 11.5 Å². The maximum Gasteiger partial charge on any atom is 0.251 e. The minimum atomic E-state index is -0.100. The monoisotopic (exact) mass is 400 g/mol. The summed E-state index contributed by atoms with van der Waals surface area (Å²) in [5, 5.41) is 0. The summed E-state index contributed by atoms with van der Waals surface area (Å²) in [5.41, 5.74) is 11.9. The third kappa shape index (κ3) is 2.58. The van der Waals surface area contributed by atoms with Gasteiger partial charge in [0.05, 0.1) is 0 Å². The Morgan fingerprint density at radius 2 is 1.48 bits per heavy atom. The summed E-state index contributed by atoms with van der Waals surface area (Å²) in [6.07, 6.45) is 0. The molecule has 0 atom stereocenters. The lowest BCUT2D eigenvalue weighted by Gasteiger charge is -2.42. The molecule has 4 aromatic carbocycles. The van der Waals surface area contributed by atoms with E-state index in [1.54, 1.807) is 0 Å². The molecule has 0 unspecified atom stereocenters. The highest BCUT2D eigenvalue weighted by Crippen LogP contribution is 2.41. The van der Waals surface area contributed by atoms with Crippen LogP contribution in [0.15, 0.2) is 78.9 Å². The summed E-state index contributed by atoms with van der Waals surface area (Å²) in [6, 6.07) is 28.7. The molecule has 0 aliphatic carbocycles. The summed E-state index contributed by atoms with van der Waals surface area (Å²) in [5.74, 6) is 1.99. The van der Waals surface area contributed by atoms with Gasteiger partial charge in [0.15, 0.2) is 0 Å². The molecule has 0 saturated carbocycles. The lowest BCUT2D eigenvalue weighted by atomic mass is 9.30. The van der Waals surface area contributed by atoms with Crippen molar-refractivity contribution in [1.29, 1.82) is 0 Å². The minimum absolute atomic E-state index is 0.100. The first kappa shape index (κ1) is 18.5. The zero-order valence-corrected chi connectivity index (χ0v) is 18.5. The first-order valence-corrected chi connectivity index (χ1v) is 11.1. The van der Waals surface area contributed by atoms with Crippen LogP contribution in [0.1, 0.15) is 36.1 Å². The molecule has 0 spiro atoms. The molecule has 2 aliphatic heterocycles. The molecular formula is C29H25BO. The van der Waals surface area contributed by atoms with Gasteiger partial charge in [-0.2, -0.15) is 0 Å². The van der Waals surface area contributed by atoms with E-state index in [4.69, 9.17) is 4.74 Å². The third-order valence-electron chi connectivity index (χ3n) is 7.17. The number of fused-ring (bicyclic) bond motifs is 4. The Bertz CT molecular complexity index is 1350. The minimum Gasteiger partial charge on any atom is -0.458 e. The molecule has 150 valence electrons. The molecule has 2 aliphatic rings. The largest absolute Gasteiger partial charge is 0.458 e. The molecule has 0 aromatic heterocycles. The van der Waals surface area contributed by atoms with Crippen molar-refractivity contribution in [3.63, 3.8) is 0 Å². The molecule has 0 saturated heterocycles. The molecular weight excluding hydrogens is 375 g/mol. The molecule has 2 heterocycles. The topological polar surface area (TPSA) is 9.23 Å². The van der Waals surface area contributed by atoms with Crippen molar-refractivity contribution in [1.82, 2.24) is 0 Å². The van der Waals surface area contributed by atoms with Gasteiger partial charge in [-0.3, -0.25) is 0 Å². The molecule has 0 N–H and O–H groups in total. The zero-order valence-electron chi connectivity index (χ0n) is 18.5. The second kappa shape index (κ2) is 6.37. The molecule has 0 amide bonds. The van der Waals surface area contributed by atoms with E-state index in [-0.39, 0.29) is 12.1 Å². The summed E-state index contributed by atoms with van der Waals surface area (Å²) in [7, 11) is 0. The van der Waals surface area contributed by atoms with Crippen molar-refractivity contribution >= 4 is 23.1 Å². The number of ether oxygens (including phenoxy) is 1. The van der Waals surface area contributed by atoms with E-state index in [2.05, 4.69) is 107 Å². The van der Waals surface area contributed by atoms with Crippen LogP contribution < -0.4 is 21.1 Å². The smallest absolute Gasteiger partial charge is 0.251 e. The van der Waals surface area contributed by atoms with Crippen LogP contribution >= 0.6 is 0 Å². The predicted octanol–water partition coefficient (Wildman–Crippen LogP) is 5.23. The predicted molar refractivity (Wildman–Crippen MR) is 131 cm³/mol. The van der Waals surface area contributed by atoms with Gasteiger partial charge >= 0.3 is 0 Å². The SMILES string of the molecule is Cc1ccc2c(c1)B1c3ccc(-c4ccccc4)cc3C(C)(C)c3c(C)ccc(c31)O2. The van der Waals surface area contributed by atoms with E-state index in [0.717, 1.165) is 11.5 Å². The van der Waals surface area contributed by atoms with Crippen LogP contribution in [0.2, 0.25) is 0 Å². The second-order valence-electron chi connectivity index (χ2n) is 9.54. The zero-order chi connectivity index (χ0) is 21.3. The van der Waals surface area contributed by atoms with Gasteiger partial charge in [0.1, 0.15) is 11.5 Å². The van der Waals surface area contributed by atoms with Gasteiger partial charge in [0.25, 0.3) is 6.71 Å². The highest BCUT2D eigenvalue weighted by atomic mass is 16.5. The van der Waals surface area contributed by atoms with E-state index in [9.17, 15) is 0 Å². The molecule has 0 fully saturated rings. The molecule has 1 nitrogen and oxygen atoms in total. The van der Waals surface area contributed by atoms with Crippen LogP contribution in [-0.2, 0) is 5.41 Å². The summed E-state index contributed by atoms with van der Waals surface area (Å²) >= 11 is 0. The van der Waals surface area contributed by atoms with Gasteiger partial charge in [-0.1, -0.05) is 91.6 Å². The van der Waals surface area contributed by atoms with E-state index in [1.165, 1.54) is 49.8 Å². The Morgan fingerprint density at radius 3 is 2.29 bits per heavy atom. The fourth-order valence-electron chi connectivity index (χ4n) is 5.79. The van der Waals surface area contributed by atoms with Gasteiger partial charge in [-0.15, -0.1) is 0 Å². The third-order valence-corrected chi connectivity index (χ3v) is 7.17. The van der Waals surface area contributed by atoms with Crippen LogP contribution in [0.25, 0.3) is 11.1 Å². The standard InChI is InChI=1S/C29H25BO/c1-18-10-14-25-24(16-18)30-23-13-12-21(20-8-6-5-7-9-20)17-22(23)29(3,4)27-19(2)11-15-26(31-25)28(27)30/h5-17H,1-4H3.